The molecule has 0 saturated carbocycles. The quantitative estimate of drug-likeness (QED) is 0.876. The van der Waals surface area contributed by atoms with Crippen molar-refractivity contribution in [3.63, 3.8) is 0 Å². The molecule has 1 aromatic carbocycles. The van der Waals surface area contributed by atoms with Crippen molar-refractivity contribution in [3.05, 3.63) is 35.8 Å². The number of hydrogen-bond acceptors (Lipinski definition) is 1. The Labute approximate surface area is 108 Å². The van der Waals surface area contributed by atoms with Gasteiger partial charge >= 0.3 is 0 Å². The Kier molecular flexibility index (Phi) is 3.71. The molecule has 1 N–H and O–H groups in total. The van der Waals surface area contributed by atoms with E-state index in [1.54, 1.807) is 6.07 Å². The van der Waals surface area contributed by atoms with Crippen molar-refractivity contribution in [2.24, 2.45) is 0 Å². The highest BCUT2D eigenvalue weighted by Crippen LogP contribution is 2.25. The predicted octanol–water partition coefficient (Wildman–Crippen LogP) is 3.51. The summed E-state index contributed by atoms with van der Waals surface area (Å²) in [6, 6.07) is 7.93. The van der Waals surface area contributed by atoms with Crippen LogP contribution in [-0.2, 0) is 6.42 Å². The van der Waals surface area contributed by atoms with Gasteiger partial charge in [-0.3, -0.25) is 0 Å². The Hall–Kier alpha value is -1.35. The van der Waals surface area contributed by atoms with E-state index in [1.165, 1.54) is 11.8 Å². The molecule has 2 aromatic rings. The summed E-state index contributed by atoms with van der Waals surface area (Å²) in [6.07, 6.45) is 0.949. The van der Waals surface area contributed by atoms with Gasteiger partial charge in [-0.1, -0.05) is 0 Å². The maximum atomic E-state index is 13.4. The second-order valence-electron chi connectivity index (χ2n) is 5.20. The molecule has 3 heteroatoms. The fraction of sp³-hybridized carbons (Fsp3) is 0.467. The number of benzene rings is 1. The van der Waals surface area contributed by atoms with Gasteiger partial charge in [-0.2, -0.15) is 0 Å². The van der Waals surface area contributed by atoms with E-state index < -0.39 is 0 Å². The van der Waals surface area contributed by atoms with Crippen LogP contribution in [0, 0.1) is 5.82 Å². The molecule has 98 valence electrons. The summed E-state index contributed by atoms with van der Waals surface area (Å²) >= 11 is 0. The average molecular weight is 248 g/mol. The van der Waals surface area contributed by atoms with Gasteiger partial charge in [0.25, 0.3) is 0 Å². The van der Waals surface area contributed by atoms with Crippen LogP contribution in [0.5, 0.6) is 0 Å². The summed E-state index contributed by atoms with van der Waals surface area (Å²) in [5.41, 5.74) is 2.25. The maximum absolute atomic E-state index is 13.4. The number of halogens is 1. The van der Waals surface area contributed by atoms with Crippen molar-refractivity contribution >= 4 is 10.9 Å². The summed E-state index contributed by atoms with van der Waals surface area (Å²) < 4.78 is 15.6. The lowest BCUT2D eigenvalue weighted by molar-refractivity contribution is 0.544. The Morgan fingerprint density at radius 3 is 2.56 bits per heavy atom. The molecule has 0 saturated heterocycles. The molecule has 0 bridgehead atoms. The van der Waals surface area contributed by atoms with Crippen molar-refractivity contribution in [2.45, 2.75) is 39.3 Å². The van der Waals surface area contributed by atoms with E-state index in [-0.39, 0.29) is 5.82 Å². The van der Waals surface area contributed by atoms with Crippen LogP contribution >= 0.6 is 0 Å². The van der Waals surface area contributed by atoms with Gasteiger partial charge < -0.3 is 9.88 Å². The predicted molar refractivity (Wildman–Crippen MR) is 74.5 cm³/mol. The average Bonchev–Trinajstić information content (AvgIpc) is 2.65. The number of rotatable bonds is 4. The normalized spacial score (nSPS) is 13.4. The molecule has 0 aliphatic carbocycles. The molecule has 0 spiro atoms. The summed E-state index contributed by atoms with van der Waals surface area (Å²) in [5.74, 6) is -0.171. The second kappa shape index (κ2) is 5.11. The molecule has 2 rings (SSSR count). The van der Waals surface area contributed by atoms with Crippen molar-refractivity contribution in [1.29, 1.82) is 0 Å². The number of nitrogens with one attached hydrogen (secondary N) is 1. The Morgan fingerprint density at radius 2 is 1.94 bits per heavy atom. The van der Waals surface area contributed by atoms with E-state index in [0.717, 1.165) is 17.3 Å². The topological polar surface area (TPSA) is 17.0 Å². The van der Waals surface area contributed by atoms with Gasteiger partial charge in [-0.15, -0.1) is 0 Å². The van der Waals surface area contributed by atoms with Gasteiger partial charge in [-0.25, -0.2) is 4.39 Å². The number of nitrogens with zero attached hydrogens (tertiary/aromatic N) is 1. The standard InChI is InChI=1S/C15H21FN2/c1-10(2)18-14(7-11(3)17-4)8-12-5-6-13(16)9-15(12)18/h5-6,8-11,17H,7H2,1-4H3. The van der Waals surface area contributed by atoms with Gasteiger partial charge in [0, 0.05) is 29.6 Å². The first-order chi connectivity index (χ1) is 8.52. The fourth-order valence-corrected chi connectivity index (χ4v) is 2.43. The van der Waals surface area contributed by atoms with Crippen LogP contribution < -0.4 is 5.32 Å². The van der Waals surface area contributed by atoms with Crippen molar-refractivity contribution < 1.29 is 4.39 Å². The molecular formula is C15H21FN2. The van der Waals surface area contributed by atoms with Gasteiger partial charge in [-0.05, 0) is 52.1 Å². The second-order valence-corrected chi connectivity index (χ2v) is 5.20. The smallest absolute Gasteiger partial charge is 0.125 e. The number of hydrogen-bond donors (Lipinski definition) is 1. The van der Waals surface area contributed by atoms with Crippen LogP contribution in [0.1, 0.15) is 32.5 Å². The Balaban J connectivity index is 2.55. The van der Waals surface area contributed by atoms with Gasteiger partial charge in [0.2, 0.25) is 0 Å². The van der Waals surface area contributed by atoms with Gasteiger partial charge in [0.15, 0.2) is 0 Å². The molecule has 0 aliphatic heterocycles. The third-order valence-electron chi connectivity index (χ3n) is 3.41. The SMILES string of the molecule is CNC(C)Cc1cc2ccc(F)cc2n1C(C)C. The largest absolute Gasteiger partial charge is 0.342 e. The number of aromatic nitrogens is 1. The molecule has 2 nitrogen and oxygen atoms in total. The highest BCUT2D eigenvalue weighted by atomic mass is 19.1. The summed E-state index contributed by atoms with van der Waals surface area (Å²) in [6.45, 7) is 6.43. The van der Waals surface area contributed by atoms with E-state index in [9.17, 15) is 4.39 Å². The third kappa shape index (κ3) is 2.41. The van der Waals surface area contributed by atoms with E-state index in [4.69, 9.17) is 0 Å². The zero-order chi connectivity index (χ0) is 13.3. The third-order valence-corrected chi connectivity index (χ3v) is 3.41. The molecule has 0 aliphatic rings. The summed E-state index contributed by atoms with van der Waals surface area (Å²) in [4.78, 5) is 0. The minimum atomic E-state index is -0.171. The van der Waals surface area contributed by atoms with Crippen LogP contribution in [0.25, 0.3) is 10.9 Å². The highest BCUT2D eigenvalue weighted by Gasteiger charge is 2.13. The molecule has 0 amide bonds. The fourth-order valence-electron chi connectivity index (χ4n) is 2.43. The molecule has 0 fully saturated rings. The van der Waals surface area contributed by atoms with Gasteiger partial charge in [0.1, 0.15) is 5.82 Å². The summed E-state index contributed by atoms with van der Waals surface area (Å²) in [5, 5.41) is 4.36. The van der Waals surface area contributed by atoms with Crippen molar-refractivity contribution in [1.82, 2.24) is 9.88 Å². The van der Waals surface area contributed by atoms with Gasteiger partial charge in [0.05, 0.1) is 5.52 Å². The zero-order valence-electron chi connectivity index (χ0n) is 11.5. The van der Waals surface area contributed by atoms with Crippen LogP contribution in [0.4, 0.5) is 4.39 Å². The monoisotopic (exact) mass is 248 g/mol. The van der Waals surface area contributed by atoms with E-state index in [1.807, 2.05) is 13.1 Å². The molecule has 18 heavy (non-hydrogen) atoms. The van der Waals surface area contributed by atoms with Crippen LogP contribution in [0.2, 0.25) is 0 Å². The first-order valence-electron chi connectivity index (χ1n) is 6.49. The lowest BCUT2D eigenvalue weighted by Gasteiger charge is -2.17. The minimum absolute atomic E-state index is 0.171. The van der Waals surface area contributed by atoms with Crippen molar-refractivity contribution in [2.75, 3.05) is 7.05 Å². The van der Waals surface area contributed by atoms with Crippen LogP contribution in [-0.4, -0.2) is 17.7 Å². The maximum Gasteiger partial charge on any atom is 0.125 e. The number of fused-ring (bicyclic) bond motifs is 1. The van der Waals surface area contributed by atoms with Crippen LogP contribution in [0.3, 0.4) is 0 Å². The minimum Gasteiger partial charge on any atom is -0.342 e. The molecule has 1 heterocycles. The molecular weight excluding hydrogens is 227 g/mol. The molecule has 0 radical (unpaired) electrons. The van der Waals surface area contributed by atoms with E-state index >= 15 is 0 Å². The first kappa shape index (κ1) is 13.1. The summed E-state index contributed by atoms with van der Waals surface area (Å²) in [7, 11) is 1.96. The van der Waals surface area contributed by atoms with Crippen LogP contribution in [0.15, 0.2) is 24.3 Å². The molecule has 1 atom stereocenters. The Bertz CT molecular complexity index is 543. The molecule has 1 aromatic heterocycles. The highest BCUT2D eigenvalue weighted by molar-refractivity contribution is 5.81. The lowest BCUT2D eigenvalue weighted by Crippen LogP contribution is -2.25. The van der Waals surface area contributed by atoms with E-state index in [2.05, 4.69) is 36.7 Å². The van der Waals surface area contributed by atoms with E-state index in [0.29, 0.717) is 12.1 Å². The number of likely N-dealkylation sites (N-methyl/N-ethyl adjacent to an activating group) is 1. The lowest BCUT2D eigenvalue weighted by atomic mass is 10.1. The molecule has 1 unspecified atom stereocenters. The Morgan fingerprint density at radius 1 is 1.22 bits per heavy atom. The first-order valence-corrected chi connectivity index (χ1v) is 6.49. The zero-order valence-corrected chi connectivity index (χ0v) is 11.5. The van der Waals surface area contributed by atoms with Crippen molar-refractivity contribution in [3.8, 4) is 0 Å².